The summed E-state index contributed by atoms with van der Waals surface area (Å²) >= 11 is 11.2. The lowest BCUT2D eigenvalue weighted by atomic mass is 10.2. The Morgan fingerprint density at radius 2 is 2.14 bits per heavy atom. The number of nitrogens with one attached hydrogen (secondary N) is 1. The van der Waals surface area contributed by atoms with Crippen LogP contribution in [0, 0.1) is 4.77 Å². The topological polar surface area (TPSA) is 64.4 Å². The summed E-state index contributed by atoms with van der Waals surface area (Å²) in [5, 5.41) is 11.1. The third-order valence-corrected chi connectivity index (χ3v) is 3.05. The maximum Gasteiger partial charge on any atom is 0.216 e. The Bertz CT molecular complexity index is 696. The van der Waals surface area contributed by atoms with Crippen LogP contribution in [-0.4, -0.2) is 34.3 Å². The summed E-state index contributed by atoms with van der Waals surface area (Å²) in [4.78, 5) is 0. The van der Waals surface area contributed by atoms with Gasteiger partial charge in [0.25, 0.3) is 0 Å². The van der Waals surface area contributed by atoms with E-state index in [9.17, 15) is 0 Å². The van der Waals surface area contributed by atoms with Crippen molar-refractivity contribution in [2.75, 3.05) is 13.2 Å². The zero-order chi connectivity index (χ0) is 15.2. The highest BCUT2D eigenvalue weighted by atomic mass is 35.5. The summed E-state index contributed by atoms with van der Waals surface area (Å²) in [6.07, 6.45) is 3.11. The van der Waals surface area contributed by atoms with Crippen LogP contribution in [0.1, 0.15) is 19.4 Å². The van der Waals surface area contributed by atoms with E-state index in [1.807, 2.05) is 19.9 Å². The van der Waals surface area contributed by atoms with Crippen LogP contribution in [0.15, 0.2) is 23.6 Å². The lowest BCUT2D eigenvalue weighted by Gasteiger charge is -2.13. The van der Waals surface area contributed by atoms with Crippen molar-refractivity contribution < 1.29 is 9.47 Å². The van der Waals surface area contributed by atoms with Crippen molar-refractivity contribution in [3.63, 3.8) is 0 Å². The molecule has 2 aromatic rings. The highest BCUT2D eigenvalue weighted by Crippen LogP contribution is 2.36. The summed E-state index contributed by atoms with van der Waals surface area (Å²) < 4.78 is 12.9. The summed E-state index contributed by atoms with van der Waals surface area (Å²) in [7, 11) is 0. The normalized spacial score (nSPS) is 11.0. The number of benzene rings is 1. The molecule has 8 heteroatoms. The summed E-state index contributed by atoms with van der Waals surface area (Å²) in [6.45, 7) is 4.82. The summed E-state index contributed by atoms with van der Waals surface area (Å²) in [5.74, 6) is 1.13. The zero-order valence-corrected chi connectivity index (χ0v) is 13.2. The Kier molecular flexibility index (Phi) is 5.35. The first kappa shape index (κ1) is 15.5. The summed E-state index contributed by atoms with van der Waals surface area (Å²) in [6, 6.07) is 3.57. The number of nitrogens with zero attached hydrogens (tertiary/aromatic N) is 3. The number of hydrogen-bond donors (Lipinski definition) is 1. The maximum absolute atomic E-state index is 6.23. The molecular formula is C13H15ClN4O2S. The first-order chi connectivity index (χ1) is 10.2. The van der Waals surface area contributed by atoms with Gasteiger partial charge in [0.2, 0.25) is 4.77 Å². The number of halogens is 1. The standard InChI is InChI=1S/C13H15ClN4O2S/c1-3-19-11-6-9(5-10(14)12(11)20-4-2)7-16-18-8-15-17-13(18)21/h5-8H,3-4H2,1-2H3,(H,17,21)/b16-7-. The van der Waals surface area contributed by atoms with E-state index in [-0.39, 0.29) is 0 Å². The van der Waals surface area contributed by atoms with Gasteiger partial charge in [-0.3, -0.25) is 5.10 Å². The number of rotatable bonds is 6. The van der Waals surface area contributed by atoms with Crippen LogP contribution in [0.4, 0.5) is 0 Å². The highest BCUT2D eigenvalue weighted by molar-refractivity contribution is 7.71. The second-order valence-electron chi connectivity index (χ2n) is 3.95. The molecule has 0 saturated heterocycles. The van der Waals surface area contributed by atoms with Crippen LogP contribution in [-0.2, 0) is 0 Å². The van der Waals surface area contributed by atoms with E-state index in [4.69, 9.17) is 33.3 Å². The van der Waals surface area contributed by atoms with Gasteiger partial charge < -0.3 is 9.47 Å². The van der Waals surface area contributed by atoms with Crippen molar-refractivity contribution in [1.82, 2.24) is 14.9 Å². The van der Waals surface area contributed by atoms with Gasteiger partial charge in [0, 0.05) is 0 Å². The van der Waals surface area contributed by atoms with Gasteiger partial charge in [-0.1, -0.05) is 11.6 Å². The van der Waals surface area contributed by atoms with Gasteiger partial charge >= 0.3 is 0 Å². The van der Waals surface area contributed by atoms with Crippen LogP contribution in [0.3, 0.4) is 0 Å². The number of hydrogen-bond acceptors (Lipinski definition) is 5. The quantitative estimate of drug-likeness (QED) is 0.653. The third-order valence-electron chi connectivity index (χ3n) is 2.49. The van der Waals surface area contributed by atoms with Crippen LogP contribution < -0.4 is 9.47 Å². The van der Waals surface area contributed by atoms with Crippen LogP contribution in [0.2, 0.25) is 5.02 Å². The molecule has 0 amide bonds. The molecule has 21 heavy (non-hydrogen) atoms. The largest absolute Gasteiger partial charge is 0.490 e. The zero-order valence-electron chi connectivity index (χ0n) is 11.7. The van der Waals surface area contributed by atoms with E-state index in [0.717, 1.165) is 5.56 Å². The SMILES string of the molecule is CCOc1cc(/C=N\n2cn[nH]c2=S)cc(Cl)c1OCC. The predicted molar refractivity (Wildman–Crippen MR) is 84.2 cm³/mol. The van der Waals surface area contributed by atoms with Crippen molar-refractivity contribution in [2.45, 2.75) is 13.8 Å². The van der Waals surface area contributed by atoms with Crippen molar-refractivity contribution in [2.24, 2.45) is 5.10 Å². The number of aromatic amines is 1. The molecule has 0 aliphatic heterocycles. The number of ether oxygens (including phenoxy) is 2. The fraction of sp³-hybridized carbons (Fsp3) is 0.308. The molecule has 1 aromatic carbocycles. The second kappa shape index (κ2) is 7.24. The van der Waals surface area contributed by atoms with Gasteiger partial charge in [-0.2, -0.15) is 14.9 Å². The molecule has 112 valence electrons. The first-order valence-electron chi connectivity index (χ1n) is 6.41. The van der Waals surface area contributed by atoms with Gasteiger partial charge in [-0.25, -0.2) is 0 Å². The smallest absolute Gasteiger partial charge is 0.216 e. The van der Waals surface area contributed by atoms with E-state index >= 15 is 0 Å². The molecule has 0 aliphatic carbocycles. The lowest BCUT2D eigenvalue weighted by molar-refractivity contribution is 0.288. The van der Waals surface area contributed by atoms with Crippen LogP contribution >= 0.6 is 23.8 Å². The molecule has 6 nitrogen and oxygen atoms in total. The molecule has 1 N–H and O–H groups in total. The molecule has 0 radical (unpaired) electrons. The maximum atomic E-state index is 6.23. The van der Waals surface area contributed by atoms with Crippen molar-refractivity contribution in [1.29, 1.82) is 0 Å². The van der Waals surface area contributed by atoms with Gasteiger partial charge in [-0.15, -0.1) is 0 Å². The molecule has 2 rings (SSSR count). The molecule has 0 spiro atoms. The number of aromatic nitrogens is 3. The molecule has 0 saturated carbocycles. The molecule has 0 unspecified atom stereocenters. The van der Waals surface area contributed by atoms with Crippen molar-refractivity contribution in [3.8, 4) is 11.5 Å². The average Bonchev–Trinajstić information content (AvgIpc) is 2.86. The highest BCUT2D eigenvalue weighted by Gasteiger charge is 2.11. The van der Waals surface area contributed by atoms with E-state index in [2.05, 4.69) is 15.3 Å². The monoisotopic (exact) mass is 326 g/mol. The average molecular weight is 327 g/mol. The van der Waals surface area contributed by atoms with Crippen molar-refractivity contribution in [3.05, 3.63) is 33.8 Å². The molecule has 0 aliphatic rings. The van der Waals surface area contributed by atoms with Crippen LogP contribution in [0.25, 0.3) is 0 Å². The fourth-order valence-corrected chi connectivity index (χ4v) is 2.08. The number of H-pyrrole nitrogens is 1. The lowest BCUT2D eigenvalue weighted by Crippen LogP contribution is -2.00. The van der Waals surface area contributed by atoms with E-state index in [0.29, 0.717) is 34.5 Å². The second-order valence-corrected chi connectivity index (χ2v) is 4.74. The Morgan fingerprint density at radius 1 is 1.38 bits per heavy atom. The Labute approximate surface area is 132 Å². The summed E-state index contributed by atoms with van der Waals surface area (Å²) in [5.41, 5.74) is 0.773. The Balaban J connectivity index is 2.34. The Morgan fingerprint density at radius 3 is 2.76 bits per heavy atom. The molecular weight excluding hydrogens is 312 g/mol. The van der Waals surface area contributed by atoms with Gasteiger partial charge in [-0.05, 0) is 43.8 Å². The molecule has 1 aromatic heterocycles. The molecule has 0 fully saturated rings. The van der Waals surface area contributed by atoms with Gasteiger partial charge in [0.15, 0.2) is 11.5 Å². The van der Waals surface area contributed by atoms with Crippen LogP contribution in [0.5, 0.6) is 11.5 Å². The minimum absolute atomic E-state index is 0.410. The third kappa shape index (κ3) is 3.83. The fourth-order valence-electron chi connectivity index (χ4n) is 1.66. The van der Waals surface area contributed by atoms with E-state index in [1.165, 1.54) is 11.0 Å². The molecule has 0 atom stereocenters. The van der Waals surface area contributed by atoms with E-state index in [1.54, 1.807) is 12.3 Å². The minimum atomic E-state index is 0.410. The van der Waals surface area contributed by atoms with Crippen molar-refractivity contribution >= 4 is 30.0 Å². The van der Waals surface area contributed by atoms with Gasteiger partial charge in [0.1, 0.15) is 6.33 Å². The minimum Gasteiger partial charge on any atom is -0.490 e. The molecule has 1 heterocycles. The van der Waals surface area contributed by atoms with Gasteiger partial charge in [0.05, 0.1) is 24.5 Å². The predicted octanol–water partition coefficient (Wildman–Crippen LogP) is 3.27. The molecule has 0 bridgehead atoms. The Hall–Kier alpha value is -1.86. The van der Waals surface area contributed by atoms with E-state index < -0.39 is 0 Å². The first-order valence-corrected chi connectivity index (χ1v) is 7.19.